The average Bonchev–Trinajstić information content (AvgIpc) is 2.14. The van der Waals surface area contributed by atoms with Crippen molar-refractivity contribution in [3.8, 4) is 0 Å². The van der Waals surface area contributed by atoms with Crippen LogP contribution in [0.5, 0.6) is 0 Å². The summed E-state index contributed by atoms with van der Waals surface area (Å²) in [6.45, 7) is 0.435. The molecular formula is C5H9FO2. The van der Waals surface area contributed by atoms with Crippen LogP contribution in [-0.2, 0) is 4.74 Å². The molecule has 0 spiro atoms. The maximum absolute atomic E-state index is 12.3. The normalized spacial score (nSPS) is 38.2. The molecule has 1 saturated heterocycles. The van der Waals surface area contributed by atoms with Crippen molar-refractivity contribution in [2.75, 3.05) is 19.8 Å². The number of rotatable bonds is 1. The fourth-order valence-electron chi connectivity index (χ4n) is 0.740. The summed E-state index contributed by atoms with van der Waals surface area (Å²) < 4.78 is 17.0. The van der Waals surface area contributed by atoms with Crippen LogP contribution >= 0.6 is 0 Å². The second-order valence-electron chi connectivity index (χ2n) is 2.00. The highest BCUT2D eigenvalue weighted by molar-refractivity contribution is 4.72. The quantitative estimate of drug-likeness (QED) is 0.526. The molecule has 1 aliphatic rings. The molecule has 0 aromatic rings. The number of halogens is 1. The Morgan fingerprint density at radius 2 is 2.38 bits per heavy atom. The van der Waals surface area contributed by atoms with E-state index in [1.165, 1.54) is 0 Å². The SMILES string of the molecule is OC[C@H]1COC[C@@H]1F. The van der Waals surface area contributed by atoms with E-state index in [1.807, 2.05) is 0 Å². The summed E-state index contributed by atoms with van der Waals surface area (Å²) in [4.78, 5) is 0. The Morgan fingerprint density at radius 3 is 2.62 bits per heavy atom. The van der Waals surface area contributed by atoms with Crippen molar-refractivity contribution in [1.82, 2.24) is 0 Å². The van der Waals surface area contributed by atoms with Gasteiger partial charge in [-0.1, -0.05) is 0 Å². The first-order valence-corrected chi connectivity index (χ1v) is 2.67. The Kier molecular flexibility index (Phi) is 1.81. The number of ether oxygens (including phenoxy) is 1. The smallest absolute Gasteiger partial charge is 0.131 e. The average molecular weight is 120 g/mol. The number of aliphatic hydroxyl groups is 1. The Balaban J connectivity index is 2.30. The van der Waals surface area contributed by atoms with E-state index in [-0.39, 0.29) is 19.1 Å². The van der Waals surface area contributed by atoms with Crippen LogP contribution in [0.2, 0.25) is 0 Å². The molecule has 0 aliphatic carbocycles. The van der Waals surface area contributed by atoms with E-state index in [4.69, 9.17) is 9.84 Å². The van der Waals surface area contributed by atoms with Gasteiger partial charge in [-0.25, -0.2) is 4.39 Å². The Bertz CT molecular complexity index is 76.8. The van der Waals surface area contributed by atoms with Crippen LogP contribution in [0.25, 0.3) is 0 Å². The zero-order chi connectivity index (χ0) is 5.98. The van der Waals surface area contributed by atoms with Crippen molar-refractivity contribution >= 4 is 0 Å². The van der Waals surface area contributed by atoms with Crippen LogP contribution in [-0.4, -0.2) is 31.1 Å². The van der Waals surface area contributed by atoms with E-state index in [2.05, 4.69) is 0 Å². The second-order valence-corrected chi connectivity index (χ2v) is 2.00. The summed E-state index contributed by atoms with van der Waals surface area (Å²) in [7, 11) is 0. The standard InChI is InChI=1S/C5H9FO2/c6-5-3-8-2-4(5)1-7/h4-5,7H,1-3H2/t4-,5-/m0/s1. The van der Waals surface area contributed by atoms with Gasteiger partial charge in [-0.3, -0.25) is 0 Å². The van der Waals surface area contributed by atoms with E-state index < -0.39 is 6.17 Å². The summed E-state index contributed by atoms with van der Waals surface area (Å²) in [5.74, 6) is -0.269. The molecule has 48 valence electrons. The van der Waals surface area contributed by atoms with Gasteiger partial charge < -0.3 is 9.84 Å². The molecule has 1 fully saturated rings. The van der Waals surface area contributed by atoms with Crippen molar-refractivity contribution in [1.29, 1.82) is 0 Å². The summed E-state index contributed by atoms with van der Waals surface area (Å²) in [5, 5.41) is 8.42. The molecule has 8 heavy (non-hydrogen) atoms. The fraction of sp³-hybridized carbons (Fsp3) is 1.00. The van der Waals surface area contributed by atoms with Crippen LogP contribution in [0.15, 0.2) is 0 Å². The largest absolute Gasteiger partial charge is 0.396 e. The van der Waals surface area contributed by atoms with E-state index in [0.29, 0.717) is 6.61 Å². The predicted octanol–water partition coefficient (Wildman–Crippen LogP) is -0.0368. The molecule has 0 amide bonds. The Hall–Kier alpha value is -0.150. The van der Waals surface area contributed by atoms with Gasteiger partial charge in [-0.05, 0) is 0 Å². The molecule has 0 bridgehead atoms. The van der Waals surface area contributed by atoms with Gasteiger partial charge in [0.05, 0.1) is 19.8 Å². The topological polar surface area (TPSA) is 29.5 Å². The van der Waals surface area contributed by atoms with Gasteiger partial charge in [0, 0.05) is 5.92 Å². The van der Waals surface area contributed by atoms with Crippen LogP contribution < -0.4 is 0 Å². The highest BCUT2D eigenvalue weighted by Crippen LogP contribution is 2.15. The van der Waals surface area contributed by atoms with Crippen LogP contribution in [0.1, 0.15) is 0 Å². The zero-order valence-electron chi connectivity index (χ0n) is 4.51. The summed E-state index contributed by atoms with van der Waals surface area (Å²) >= 11 is 0. The van der Waals surface area contributed by atoms with Gasteiger partial charge in [-0.2, -0.15) is 0 Å². The second kappa shape index (κ2) is 2.42. The Labute approximate surface area is 47.3 Å². The molecule has 0 unspecified atom stereocenters. The zero-order valence-corrected chi connectivity index (χ0v) is 4.51. The first kappa shape index (κ1) is 5.98. The predicted molar refractivity (Wildman–Crippen MR) is 26.3 cm³/mol. The summed E-state index contributed by atoms with van der Waals surface area (Å²) in [5.41, 5.74) is 0. The highest BCUT2D eigenvalue weighted by Gasteiger charge is 2.26. The maximum Gasteiger partial charge on any atom is 0.131 e. The van der Waals surface area contributed by atoms with Crippen molar-refractivity contribution in [3.63, 3.8) is 0 Å². The lowest BCUT2D eigenvalue weighted by molar-refractivity contribution is 0.160. The van der Waals surface area contributed by atoms with Crippen LogP contribution in [0.3, 0.4) is 0 Å². The molecule has 3 heteroatoms. The van der Waals surface area contributed by atoms with E-state index in [1.54, 1.807) is 0 Å². The first-order chi connectivity index (χ1) is 3.84. The van der Waals surface area contributed by atoms with Gasteiger partial charge in [0.25, 0.3) is 0 Å². The molecule has 1 rings (SSSR count). The minimum Gasteiger partial charge on any atom is -0.396 e. The number of aliphatic hydroxyl groups excluding tert-OH is 1. The van der Waals surface area contributed by atoms with Crippen molar-refractivity contribution in [2.24, 2.45) is 5.92 Å². The van der Waals surface area contributed by atoms with Crippen molar-refractivity contribution < 1.29 is 14.2 Å². The highest BCUT2D eigenvalue weighted by atomic mass is 19.1. The Morgan fingerprint density at radius 1 is 1.62 bits per heavy atom. The number of hydrogen-bond acceptors (Lipinski definition) is 2. The molecular weight excluding hydrogens is 111 g/mol. The molecule has 0 saturated carbocycles. The van der Waals surface area contributed by atoms with E-state index in [9.17, 15) is 4.39 Å². The molecule has 1 N–H and O–H groups in total. The third-order valence-corrected chi connectivity index (χ3v) is 1.36. The van der Waals surface area contributed by atoms with Gasteiger partial charge in [-0.15, -0.1) is 0 Å². The third-order valence-electron chi connectivity index (χ3n) is 1.36. The van der Waals surface area contributed by atoms with Gasteiger partial charge >= 0.3 is 0 Å². The molecule has 1 aliphatic heterocycles. The molecule has 2 atom stereocenters. The summed E-state index contributed by atoms with van der Waals surface area (Å²) in [6.07, 6.45) is -0.944. The molecule has 0 radical (unpaired) electrons. The van der Waals surface area contributed by atoms with Gasteiger partial charge in [0.2, 0.25) is 0 Å². The summed E-state index contributed by atoms with van der Waals surface area (Å²) in [6, 6.07) is 0. The van der Waals surface area contributed by atoms with Crippen molar-refractivity contribution in [3.05, 3.63) is 0 Å². The van der Waals surface area contributed by atoms with E-state index >= 15 is 0 Å². The fourth-order valence-corrected chi connectivity index (χ4v) is 0.740. The molecule has 0 aromatic carbocycles. The van der Waals surface area contributed by atoms with Gasteiger partial charge in [0.1, 0.15) is 6.17 Å². The monoisotopic (exact) mass is 120 g/mol. The first-order valence-electron chi connectivity index (χ1n) is 2.67. The lowest BCUT2D eigenvalue weighted by Crippen LogP contribution is -2.16. The molecule has 1 heterocycles. The van der Waals surface area contributed by atoms with Crippen molar-refractivity contribution in [2.45, 2.75) is 6.17 Å². The van der Waals surface area contributed by atoms with Gasteiger partial charge in [0.15, 0.2) is 0 Å². The molecule has 0 aromatic heterocycles. The minimum atomic E-state index is -0.944. The lowest BCUT2D eigenvalue weighted by Gasteiger charge is -2.02. The number of hydrogen-bond donors (Lipinski definition) is 1. The third kappa shape index (κ3) is 0.980. The van der Waals surface area contributed by atoms with Crippen LogP contribution in [0, 0.1) is 5.92 Å². The maximum atomic E-state index is 12.3. The minimum absolute atomic E-state index is 0.0961. The molecule has 2 nitrogen and oxygen atoms in total. The van der Waals surface area contributed by atoms with E-state index in [0.717, 1.165) is 0 Å². The lowest BCUT2D eigenvalue weighted by atomic mass is 10.1. The van der Waals surface area contributed by atoms with Crippen LogP contribution in [0.4, 0.5) is 4.39 Å². The number of alkyl halides is 1.